The van der Waals surface area contributed by atoms with E-state index >= 15 is 0 Å². The van der Waals surface area contributed by atoms with Crippen molar-refractivity contribution in [2.75, 3.05) is 6.54 Å². The van der Waals surface area contributed by atoms with Crippen molar-refractivity contribution in [1.29, 1.82) is 0 Å². The number of hydrogen-bond donors (Lipinski definition) is 1. The van der Waals surface area contributed by atoms with Crippen LogP contribution in [-0.4, -0.2) is 16.5 Å². The number of aromatic nitrogens is 1. The SMILES string of the molecule is O=[N+]([O-])c1cc(Br)cnc1C1CCN1. The number of rotatable bonds is 2. The van der Waals surface area contributed by atoms with Gasteiger partial charge in [0.05, 0.1) is 11.0 Å². The molecule has 74 valence electrons. The number of hydrogen-bond acceptors (Lipinski definition) is 4. The van der Waals surface area contributed by atoms with Crippen molar-refractivity contribution < 1.29 is 4.92 Å². The van der Waals surface area contributed by atoms with Crippen molar-refractivity contribution in [2.24, 2.45) is 0 Å². The molecule has 0 saturated carbocycles. The van der Waals surface area contributed by atoms with Crippen LogP contribution in [0, 0.1) is 10.1 Å². The molecule has 1 aliphatic rings. The van der Waals surface area contributed by atoms with E-state index in [1.807, 2.05) is 0 Å². The Morgan fingerprint density at radius 1 is 1.71 bits per heavy atom. The molecule has 1 saturated heterocycles. The maximum Gasteiger partial charge on any atom is 0.293 e. The first-order chi connectivity index (χ1) is 6.68. The number of halogens is 1. The van der Waals surface area contributed by atoms with E-state index in [1.54, 1.807) is 6.20 Å². The Morgan fingerprint density at radius 2 is 2.43 bits per heavy atom. The zero-order valence-corrected chi connectivity index (χ0v) is 8.82. The van der Waals surface area contributed by atoms with Crippen LogP contribution in [0.4, 0.5) is 5.69 Å². The van der Waals surface area contributed by atoms with E-state index < -0.39 is 4.92 Å². The van der Waals surface area contributed by atoms with E-state index in [0.29, 0.717) is 10.2 Å². The zero-order valence-electron chi connectivity index (χ0n) is 7.24. The minimum absolute atomic E-state index is 0.0449. The molecular weight excluding hydrogens is 250 g/mol. The van der Waals surface area contributed by atoms with Gasteiger partial charge in [0.25, 0.3) is 5.69 Å². The molecule has 0 bridgehead atoms. The summed E-state index contributed by atoms with van der Waals surface area (Å²) in [4.78, 5) is 14.4. The van der Waals surface area contributed by atoms with E-state index in [4.69, 9.17) is 0 Å². The van der Waals surface area contributed by atoms with Gasteiger partial charge < -0.3 is 5.32 Å². The summed E-state index contributed by atoms with van der Waals surface area (Å²) in [6.45, 7) is 0.902. The lowest BCUT2D eigenvalue weighted by Gasteiger charge is -2.26. The summed E-state index contributed by atoms with van der Waals surface area (Å²) in [6, 6.07) is 1.53. The number of nitro groups is 1. The van der Waals surface area contributed by atoms with Crippen LogP contribution in [0.3, 0.4) is 0 Å². The van der Waals surface area contributed by atoms with Crippen LogP contribution in [0.5, 0.6) is 0 Å². The molecule has 1 aromatic rings. The molecule has 1 aromatic heterocycles. The van der Waals surface area contributed by atoms with Gasteiger partial charge in [-0.25, -0.2) is 0 Å². The first-order valence-corrected chi connectivity index (χ1v) is 5.01. The monoisotopic (exact) mass is 257 g/mol. The molecule has 1 aliphatic heterocycles. The molecule has 2 heterocycles. The fraction of sp³-hybridized carbons (Fsp3) is 0.375. The van der Waals surface area contributed by atoms with Crippen molar-refractivity contribution in [3.63, 3.8) is 0 Å². The third-order valence-corrected chi connectivity index (χ3v) is 2.65. The van der Waals surface area contributed by atoms with Crippen LogP contribution in [0.25, 0.3) is 0 Å². The highest BCUT2D eigenvalue weighted by atomic mass is 79.9. The highest BCUT2D eigenvalue weighted by Crippen LogP contribution is 2.30. The van der Waals surface area contributed by atoms with Crippen LogP contribution in [0.15, 0.2) is 16.7 Å². The standard InChI is InChI=1S/C8H8BrN3O2/c9-5-3-7(12(13)14)8(11-4-5)6-1-2-10-6/h3-4,6,10H,1-2H2. The Labute approximate surface area is 88.8 Å². The summed E-state index contributed by atoms with van der Waals surface area (Å²) < 4.78 is 0.632. The van der Waals surface area contributed by atoms with Gasteiger partial charge in [-0.1, -0.05) is 0 Å². The second-order valence-electron chi connectivity index (χ2n) is 3.11. The third-order valence-electron chi connectivity index (χ3n) is 2.21. The summed E-state index contributed by atoms with van der Waals surface area (Å²) in [6.07, 6.45) is 2.50. The molecule has 0 radical (unpaired) electrons. The number of nitrogens with zero attached hydrogens (tertiary/aromatic N) is 2. The van der Waals surface area contributed by atoms with Gasteiger partial charge >= 0.3 is 0 Å². The lowest BCUT2D eigenvalue weighted by atomic mass is 10.0. The van der Waals surface area contributed by atoms with Crippen LogP contribution in [-0.2, 0) is 0 Å². The lowest BCUT2D eigenvalue weighted by molar-refractivity contribution is -0.386. The van der Waals surface area contributed by atoms with Crippen LogP contribution < -0.4 is 5.32 Å². The molecule has 0 amide bonds. The molecule has 1 fully saturated rings. The zero-order chi connectivity index (χ0) is 10.1. The fourth-order valence-electron chi connectivity index (χ4n) is 1.38. The van der Waals surface area contributed by atoms with Gasteiger partial charge in [-0.2, -0.15) is 0 Å². The molecule has 2 rings (SSSR count). The highest BCUT2D eigenvalue weighted by Gasteiger charge is 2.28. The average Bonchev–Trinajstić information content (AvgIpc) is 2.04. The summed E-state index contributed by atoms with van der Waals surface area (Å²) in [7, 11) is 0. The smallest absolute Gasteiger partial charge is 0.293 e. The topological polar surface area (TPSA) is 68.1 Å². The molecule has 5 nitrogen and oxygen atoms in total. The Balaban J connectivity index is 2.41. The molecule has 0 aliphatic carbocycles. The largest absolute Gasteiger partial charge is 0.308 e. The van der Waals surface area contributed by atoms with Crippen molar-refractivity contribution in [2.45, 2.75) is 12.5 Å². The molecule has 6 heteroatoms. The second-order valence-corrected chi connectivity index (χ2v) is 4.03. The maximum atomic E-state index is 10.7. The van der Waals surface area contributed by atoms with Gasteiger partial charge in [0.2, 0.25) is 0 Å². The average molecular weight is 258 g/mol. The Morgan fingerprint density at radius 3 is 2.93 bits per heavy atom. The van der Waals surface area contributed by atoms with E-state index in [0.717, 1.165) is 13.0 Å². The molecular formula is C8H8BrN3O2. The third kappa shape index (κ3) is 1.62. The molecule has 1 atom stereocenters. The van der Waals surface area contributed by atoms with Gasteiger partial charge in [-0.15, -0.1) is 0 Å². The van der Waals surface area contributed by atoms with Gasteiger partial charge in [0.1, 0.15) is 5.69 Å². The van der Waals surface area contributed by atoms with E-state index in [-0.39, 0.29) is 11.7 Å². The quantitative estimate of drug-likeness (QED) is 0.648. The normalized spacial score (nSPS) is 20.2. The summed E-state index contributed by atoms with van der Waals surface area (Å²) >= 11 is 3.17. The van der Waals surface area contributed by atoms with Gasteiger partial charge in [-0.05, 0) is 28.9 Å². The van der Waals surface area contributed by atoms with E-state index in [9.17, 15) is 10.1 Å². The lowest BCUT2D eigenvalue weighted by Crippen LogP contribution is -2.36. The van der Waals surface area contributed by atoms with Crippen LogP contribution in [0.2, 0.25) is 0 Å². The first kappa shape index (κ1) is 9.54. The van der Waals surface area contributed by atoms with Crippen molar-refractivity contribution in [1.82, 2.24) is 10.3 Å². The maximum absolute atomic E-state index is 10.7. The summed E-state index contributed by atoms with van der Waals surface area (Å²) in [5.74, 6) is 0. The molecule has 1 unspecified atom stereocenters. The molecule has 0 spiro atoms. The Bertz CT molecular complexity index is 379. The minimum atomic E-state index is -0.396. The summed E-state index contributed by atoms with van der Waals surface area (Å²) in [5.41, 5.74) is 0.612. The van der Waals surface area contributed by atoms with Crippen molar-refractivity contribution in [3.8, 4) is 0 Å². The van der Waals surface area contributed by atoms with E-state index in [2.05, 4.69) is 26.2 Å². The van der Waals surface area contributed by atoms with Crippen LogP contribution >= 0.6 is 15.9 Å². The number of nitrogens with one attached hydrogen (secondary N) is 1. The fourth-order valence-corrected chi connectivity index (χ4v) is 1.70. The number of pyridine rings is 1. The molecule has 0 aromatic carbocycles. The summed E-state index contributed by atoms with van der Waals surface area (Å²) in [5, 5.41) is 13.8. The first-order valence-electron chi connectivity index (χ1n) is 4.21. The van der Waals surface area contributed by atoms with Gasteiger partial charge in [0, 0.05) is 16.7 Å². The molecule has 1 N–H and O–H groups in total. The van der Waals surface area contributed by atoms with E-state index in [1.165, 1.54) is 6.07 Å². The van der Waals surface area contributed by atoms with Gasteiger partial charge in [0.15, 0.2) is 0 Å². The van der Waals surface area contributed by atoms with Crippen molar-refractivity contribution >= 4 is 21.6 Å². The van der Waals surface area contributed by atoms with Gasteiger partial charge in [-0.3, -0.25) is 15.1 Å². The predicted octanol–water partition coefficient (Wildman–Crippen LogP) is 1.79. The minimum Gasteiger partial charge on any atom is -0.308 e. The molecule has 14 heavy (non-hydrogen) atoms. The highest BCUT2D eigenvalue weighted by molar-refractivity contribution is 9.10. The predicted molar refractivity (Wildman–Crippen MR) is 54.0 cm³/mol. The van der Waals surface area contributed by atoms with Crippen LogP contribution in [0.1, 0.15) is 18.2 Å². The Hall–Kier alpha value is -1.01. The van der Waals surface area contributed by atoms with Crippen molar-refractivity contribution in [3.05, 3.63) is 32.5 Å². The Kier molecular flexibility index (Phi) is 2.47. The second kappa shape index (κ2) is 3.62.